The van der Waals surface area contributed by atoms with Crippen LogP contribution >= 0.6 is 0 Å². The number of likely N-dealkylation sites (N-methyl/N-ethyl adjacent to an activating group) is 1. The first kappa shape index (κ1) is 11.0. The quantitative estimate of drug-likeness (QED) is 0.725. The first-order chi connectivity index (χ1) is 6.04. The smallest absolute Gasteiger partial charge is 0.0356 e. The van der Waals surface area contributed by atoms with Gasteiger partial charge in [0.15, 0.2) is 0 Å². The Bertz CT molecular complexity index is 167. The molecule has 1 aliphatic rings. The molecule has 2 heteroatoms. The summed E-state index contributed by atoms with van der Waals surface area (Å²) in [6.45, 7) is 7.66. The number of nitrogens with zero attached hydrogens (tertiary/aromatic N) is 1. The fraction of sp³-hybridized carbons (Fsp3) is 1.00. The third-order valence-electron chi connectivity index (χ3n) is 3.99. The normalized spacial score (nSPS) is 34.8. The Morgan fingerprint density at radius 1 is 1.54 bits per heavy atom. The van der Waals surface area contributed by atoms with Crippen LogP contribution in [0.1, 0.15) is 40.0 Å². The van der Waals surface area contributed by atoms with E-state index in [-0.39, 0.29) is 5.54 Å². The summed E-state index contributed by atoms with van der Waals surface area (Å²) in [5, 5.41) is 0. The first-order valence-electron chi connectivity index (χ1n) is 5.47. The second kappa shape index (κ2) is 3.97. The molecule has 78 valence electrons. The third-order valence-corrected chi connectivity index (χ3v) is 3.99. The first-order valence-corrected chi connectivity index (χ1v) is 5.47. The van der Waals surface area contributed by atoms with Gasteiger partial charge >= 0.3 is 0 Å². The topological polar surface area (TPSA) is 29.3 Å². The van der Waals surface area contributed by atoms with Crippen molar-refractivity contribution in [3.8, 4) is 0 Å². The number of nitrogens with two attached hydrogens (primary N) is 1. The summed E-state index contributed by atoms with van der Waals surface area (Å²) in [6.07, 6.45) is 3.96. The van der Waals surface area contributed by atoms with Crippen LogP contribution in [0.15, 0.2) is 0 Å². The molecule has 0 aromatic carbocycles. The lowest BCUT2D eigenvalue weighted by Crippen LogP contribution is -2.56. The molecular weight excluding hydrogens is 160 g/mol. The molecule has 0 aromatic heterocycles. The zero-order valence-electron chi connectivity index (χ0n) is 9.51. The average Bonchev–Trinajstić information content (AvgIpc) is 2.46. The van der Waals surface area contributed by atoms with Gasteiger partial charge in [-0.3, -0.25) is 4.90 Å². The monoisotopic (exact) mass is 184 g/mol. The molecule has 1 aliphatic carbocycles. The fourth-order valence-electron chi connectivity index (χ4n) is 2.71. The highest BCUT2D eigenvalue weighted by atomic mass is 15.2. The van der Waals surface area contributed by atoms with Crippen LogP contribution in [-0.4, -0.2) is 30.1 Å². The summed E-state index contributed by atoms with van der Waals surface area (Å²) in [6, 6.07) is 0.601. The van der Waals surface area contributed by atoms with E-state index in [1.165, 1.54) is 19.3 Å². The van der Waals surface area contributed by atoms with E-state index in [0.717, 1.165) is 12.5 Å². The second-order valence-electron chi connectivity index (χ2n) is 4.81. The van der Waals surface area contributed by atoms with E-state index in [1.54, 1.807) is 0 Å². The summed E-state index contributed by atoms with van der Waals surface area (Å²) < 4.78 is 0. The van der Waals surface area contributed by atoms with Gasteiger partial charge in [0.1, 0.15) is 0 Å². The molecular formula is C11H24N2. The molecule has 0 radical (unpaired) electrons. The number of hydrogen-bond acceptors (Lipinski definition) is 2. The van der Waals surface area contributed by atoms with Crippen molar-refractivity contribution in [3.05, 3.63) is 0 Å². The summed E-state index contributed by atoms with van der Waals surface area (Å²) in [7, 11) is 2.22. The van der Waals surface area contributed by atoms with E-state index in [4.69, 9.17) is 5.73 Å². The van der Waals surface area contributed by atoms with Crippen LogP contribution in [0, 0.1) is 5.92 Å². The van der Waals surface area contributed by atoms with Gasteiger partial charge in [0.2, 0.25) is 0 Å². The minimum atomic E-state index is 0.286. The van der Waals surface area contributed by atoms with Gasteiger partial charge in [-0.25, -0.2) is 0 Å². The Morgan fingerprint density at radius 2 is 2.15 bits per heavy atom. The third kappa shape index (κ3) is 1.75. The molecule has 13 heavy (non-hydrogen) atoms. The van der Waals surface area contributed by atoms with Crippen LogP contribution < -0.4 is 5.73 Å². The molecule has 0 amide bonds. The lowest BCUT2D eigenvalue weighted by atomic mass is 9.86. The van der Waals surface area contributed by atoms with Gasteiger partial charge in [-0.1, -0.05) is 13.3 Å². The Kier molecular flexibility index (Phi) is 3.36. The van der Waals surface area contributed by atoms with Gasteiger partial charge in [-0.05, 0) is 39.7 Å². The zero-order valence-corrected chi connectivity index (χ0v) is 9.51. The predicted molar refractivity (Wildman–Crippen MR) is 57.7 cm³/mol. The molecule has 1 rings (SSSR count). The lowest BCUT2D eigenvalue weighted by molar-refractivity contribution is 0.0627. The highest BCUT2D eigenvalue weighted by Crippen LogP contribution is 2.39. The van der Waals surface area contributed by atoms with Gasteiger partial charge in [-0.15, -0.1) is 0 Å². The summed E-state index contributed by atoms with van der Waals surface area (Å²) in [5.41, 5.74) is 6.24. The standard InChI is InChI=1S/C11H24N2/c1-9(2)13(4)11(8-12)7-5-6-10(11)3/h9-10H,5-8,12H2,1-4H3. The molecule has 2 atom stereocenters. The minimum Gasteiger partial charge on any atom is -0.329 e. The van der Waals surface area contributed by atoms with Gasteiger partial charge in [0.05, 0.1) is 0 Å². The Hall–Kier alpha value is -0.0800. The highest BCUT2D eigenvalue weighted by molar-refractivity contribution is 4.99. The maximum atomic E-state index is 5.96. The summed E-state index contributed by atoms with van der Waals surface area (Å²) in [5.74, 6) is 0.755. The molecule has 0 aliphatic heterocycles. The van der Waals surface area contributed by atoms with Crippen LogP contribution in [0.3, 0.4) is 0 Å². The van der Waals surface area contributed by atoms with Crippen LogP contribution in [0.25, 0.3) is 0 Å². The van der Waals surface area contributed by atoms with Crippen molar-refractivity contribution in [2.24, 2.45) is 11.7 Å². The highest BCUT2D eigenvalue weighted by Gasteiger charge is 2.42. The van der Waals surface area contributed by atoms with Crippen molar-refractivity contribution in [1.29, 1.82) is 0 Å². The molecule has 0 aromatic rings. The molecule has 0 saturated heterocycles. The van der Waals surface area contributed by atoms with Crippen LogP contribution in [0.2, 0.25) is 0 Å². The molecule has 0 heterocycles. The largest absolute Gasteiger partial charge is 0.329 e. The number of rotatable bonds is 3. The van der Waals surface area contributed by atoms with Gasteiger partial charge in [-0.2, -0.15) is 0 Å². The van der Waals surface area contributed by atoms with E-state index >= 15 is 0 Å². The predicted octanol–water partition coefficient (Wildman–Crippen LogP) is 1.84. The average molecular weight is 184 g/mol. The molecule has 1 saturated carbocycles. The maximum absolute atomic E-state index is 5.96. The maximum Gasteiger partial charge on any atom is 0.0356 e. The van der Waals surface area contributed by atoms with E-state index in [0.29, 0.717) is 6.04 Å². The SMILES string of the molecule is CC(C)N(C)C1(CN)CCCC1C. The van der Waals surface area contributed by atoms with Crippen molar-refractivity contribution >= 4 is 0 Å². The van der Waals surface area contributed by atoms with Crippen LogP contribution in [0.5, 0.6) is 0 Å². The van der Waals surface area contributed by atoms with Crippen molar-refractivity contribution in [2.45, 2.75) is 51.6 Å². The molecule has 1 fully saturated rings. The van der Waals surface area contributed by atoms with Crippen molar-refractivity contribution in [1.82, 2.24) is 4.90 Å². The second-order valence-corrected chi connectivity index (χ2v) is 4.81. The van der Waals surface area contributed by atoms with E-state index in [9.17, 15) is 0 Å². The van der Waals surface area contributed by atoms with Gasteiger partial charge in [0.25, 0.3) is 0 Å². The van der Waals surface area contributed by atoms with Gasteiger partial charge in [0, 0.05) is 18.1 Å². The van der Waals surface area contributed by atoms with Crippen LogP contribution in [0.4, 0.5) is 0 Å². The Morgan fingerprint density at radius 3 is 2.46 bits per heavy atom. The van der Waals surface area contributed by atoms with Crippen molar-refractivity contribution in [2.75, 3.05) is 13.6 Å². The molecule has 2 unspecified atom stereocenters. The molecule has 0 spiro atoms. The molecule has 2 nitrogen and oxygen atoms in total. The zero-order chi connectivity index (χ0) is 10.1. The lowest BCUT2D eigenvalue weighted by Gasteiger charge is -2.44. The Balaban J connectivity index is 2.79. The Labute approximate surface area is 82.5 Å². The van der Waals surface area contributed by atoms with E-state index in [1.807, 2.05) is 0 Å². The number of hydrogen-bond donors (Lipinski definition) is 1. The van der Waals surface area contributed by atoms with Crippen molar-refractivity contribution in [3.63, 3.8) is 0 Å². The summed E-state index contributed by atoms with van der Waals surface area (Å²) >= 11 is 0. The van der Waals surface area contributed by atoms with Crippen molar-refractivity contribution < 1.29 is 0 Å². The van der Waals surface area contributed by atoms with E-state index < -0.39 is 0 Å². The molecule has 2 N–H and O–H groups in total. The minimum absolute atomic E-state index is 0.286. The fourth-order valence-corrected chi connectivity index (χ4v) is 2.71. The van der Waals surface area contributed by atoms with Crippen LogP contribution in [-0.2, 0) is 0 Å². The molecule has 0 bridgehead atoms. The van der Waals surface area contributed by atoms with E-state index in [2.05, 4.69) is 32.7 Å². The van der Waals surface area contributed by atoms with Gasteiger partial charge < -0.3 is 5.73 Å². The summed E-state index contributed by atoms with van der Waals surface area (Å²) in [4.78, 5) is 2.48.